The molecule has 0 spiro atoms. The van der Waals surface area contributed by atoms with Gasteiger partial charge in [0.25, 0.3) is 5.78 Å². The van der Waals surface area contributed by atoms with Gasteiger partial charge in [-0.3, -0.25) is 0 Å². The SMILES string of the molecule is CCOc1cccc(Nc2c(C)c(C)nc3ncnn23)c1. The van der Waals surface area contributed by atoms with Gasteiger partial charge in [0.15, 0.2) is 0 Å². The van der Waals surface area contributed by atoms with Gasteiger partial charge in [-0.25, -0.2) is 4.98 Å². The maximum atomic E-state index is 5.52. The lowest BCUT2D eigenvalue weighted by Crippen LogP contribution is -2.06. The van der Waals surface area contributed by atoms with Gasteiger partial charge in [0.1, 0.15) is 17.9 Å². The molecule has 0 aliphatic carbocycles. The Bertz CT molecular complexity index is 781. The lowest BCUT2D eigenvalue weighted by atomic mass is 10.2. The summed E-state index contributed by atoms with van der Waals surface area (Å²) in [6.07, 6.45) is 1.50. The quantitative estimate of drug-likeness (QED) is 0.797. The number of ether oxygens (including phenoxy) is 1. The molecule has 3 rings (SSSR count). The van der Waals surface area contributed by atoms with Crippen molar-refractivity contribution in [2.75, 3.05) is 11.9 Å². The van der Waals surface area contributed by atoms with E-state index in [-0.39, 0.29) is 0 Å². The first kappa shape index (κ1) is 13.4. The standard InChI is InChI=1S/C15H17N5O/c1-4-21-13-7-5-6-12(8-13)19-14-10(2)11(3)18-15-16-9-17-20(14)15/h5-9,19H,4H2,1-3H3. The summed E-state index contributed by atoms with van der Waals surface area (Å²) in [6.45, 7) is 6.59. The van der Waals surface area contributed by atoms with Gasteiger partial charge in [-0.05, 0) is 32.9 Å². The van der Waals surface area contributed by atoms with Crippen LogP contribution in [0.5, 0.6) is 5.75 Å². The number of benzene rings is 1. The first-order chi connectivity index (χ1) is 10.2. The number of hydrogen-bond donors (Lipinski definition) is 1. The second kappa shape index (κ2) is 5.40. The molecule has 0 radical (unpaired) electrons. The van der Waals surface area contributed by atoms with Crippen LogP contribution in [0.15, 0.2) is 30.6 Å². The van der Waals surface area contributed by atoms with Crippen molar-refractivity contribution in [3.8, 4) is 5.75 Å². The van der Waals surface area contributed by atoms with Gasteiger partial charge in [-0.15, -0.1) is 0 Å². The van der Waals surface area contributed by atoms with Gasteiger partial charge >= 0.3 is 0 Å². The Morgan fingerprint density at radius 1 is 1.29 bits per heavy atom. The molecular weight excluding hydrogens is 266 g/mol. The normalized spacial score (nSPS) is 10.8. The molecule has 1 N–H and O–H groups in total. The van der Waals surface area contributed by atoms with Crippen LogP contribution in [0.25, 0.3) is 5.78 Å². The molecule has 0 saturated heterocycles. The lowest BCUT2D eigenvalue weighted by Gasteiger charge is -2.13. The zero-order valence-corrected chi connectivity index (χ0v) is 12.3. The van der Waals surface area contributed by atoms with E-state index in [9.17, 15) is 0 Å². The van der Waals surface area contributed by atoms with E-state index in [1.165, 1.54) is 6.33 Å². The number of aryl methyl sites for hydroxylation is 1. The van der Waals surface area contributed by atoms with Crippen LogP contribution >= 0.6 is 0 Å². The zero-order valence-electron chi connectivity index (χ0n) is 12.3. The van der Waals surface area contributed by atoms with Crippen molar-refractivity contribution in [3.63, 3.8) is 0 Å². The number of fused-ring (bicyclic) bond motifs is 1. The van der Waals surface area contributed by atoms with E-state index in [1.54, 1.807) is 4.52 Å². The second-order valence-electron chi connectivity index (χ2n) is 4.73. The Labute approximate surface area is 122 Å². The van der Waals surface area contributed by atoms with Gasteiger partial charge in [0.2, 0.25) is 0 Å². The molecule has 21 heavy (non-hydrogen) atoms. The summed E-state index contributed by atoms with van der Waals surface area (Å²) < 4.78 is 7.23. The molecule has 3 aromatic rings. The van der Waals surface area contributed by atoms with E-state index >= 15 is 0 Å². The highest BCUT2D eigenvalue weighted by Gasteiger charge is 2.11. The minimum absolute atomic E-state index is 0.585. The number of nitrogens with zero attached hydrogens (tertiary/aromatic N) is 4. The number of anilines is 2. The maximum absolute atomic E-state index is 5.52. The fourth-order valence-corrected chi connectivity index (χ4v) is 2.15. The summed E-state index contributed by atoms with van der Waals surface area (Å²) in [5, 5.41) is 7.61. The molecule has 0 aliphatic heterocycles. The molecule has 6 heteroatoms. The van der Waals surface area contributed by atoms with Crippen molar-refractivity contribution >= 4 is 17.3 Å². The molecule has 0 fully saturated rings. The maximum Gasteiger partial charge on any atom is 0.254 e. The summed E-state index contributed by atoms with van der Waals surface area (Å²) in [6, 6.07) is 7.83. The first-order valence-electron chi connectivity index (χ1n) is 6.86. The monoisotopic (exact) mass is 283 g/mol. The smallest absolute Gasteiger partial charge is 0.254 e. The third-order valence-corrected chi connectivity index (χ3v) is 3.31. The molecule has 2 aromatic heterocycles. The molecule has 0 unspecified atom stereocenters. The fraction of sp³-hybridized carbons (Fsp3) is 0.267. The first-order valence-corrected chi connectivity index (χ1v) is 6.86. The summed E-state index contributed by atoms with van der Waals surface area (Å²) >= 11 is 0. The van der Waals surface area contributed by atoms with E-state index in [1.807, 2.05) is 45.0 Å². The van der Waals surface area contributed by atoms with Gasteiger partial charge in [0, 0.05) is 23.0 Å². The Kier molecular flexibility index (Phi) is 3.43. The van der Waals surface area contributed by atoms with E-state index in [4.69, 9.17) is 4.74 Å². The molecular formula is C15H17N5O. The van der Waals surface area contributed by atoms with Gasteiger partial charge in [-0.1, -0.05) is 6.07 Å². The highest BCUT2D eigenvalue weighted by Crippen LogP contribution is 2.24. The minimum atomic E-state index is 0.585. The third-order valence-electron chi connectivity index (χ3n) is 3.31. The lowest BCUT2D eigenvalue weighted by molar-refractivity contribution is 0.340. The second-order valence-corrected chi connectivity index (χ2v) is 4.73. The van der Waals surface area contributed by atoms with Crippen molar-refractivity contribution < 1.29 is 4.74 Å². The molecule has 0 atom stereocenters. The molecule has 2 heterocycles. The van der Waals surface area contributed by atoms with Crippen molar-refractivity contribution in [1.82, 2.24) is 19.6 Å². The predicted octanol–water partition coefficient (Wildman–Crippen LogP) is 2.88. The van der Waals surface area contributed by atoms with Crippen LogP contribution in [0.3, 0.4) is 0 Å². The van der Waals surface area contributed by atoms with E-state index < -0.39 is 0 Å². The number of nitrogens with one attached hydrogen (secondary N) is 1. The largest absolute Gasteiger partial charge is 0.494 e. The summed E-state index contributed by atoms with van der Waals surface area (Å²) in [5.74, 6) is 2.28. The van der Waals surface area contributed by atoms with Crippen molar-refractivity contribution in [3.05, 3.63) is 41.9 Å². The summed E-state index contributed by atoms with van der Waals surface area (Å²) in [5.41, 5.74) is 2.90. The van der Waals surface area contributed by atoms with Gasteiger partial charge < -0.3 is 10.1 Å². The topological polar surface area (TPSA) is 64.3 Å². The van der Waals surface area contributed by atoms with Crippen LogP contribution in [0.4, 0.5) is 11.5 Å². The van der Waals surface area contributed by atoms with E-state index in [0.717, 1.165) is 28.5 Å². The van der Waals surface area contributed by atoms with Crippen molar-refractivity contribution in [2.45, 2.75) is 20.8 Å². The van der Waals surface area contributed by atoms with Crippen molar-refractivity contribution in [1.29, 1.82) is 0 Å². The Balaban J connectivity index is 2.03. The molecule has 0 saturated carbocycles. The van der Waals surface area contributed by atoms with E-state index in [0.29, 0.717) is 12.4 Å². The highest BCUT2D eigenvalue weighted by molar-refractivity contribution is 5.63. The number of rotatable bonds is 4. The minimum Gasteiger partial charge on any atom is -0.494 e. The number of aromatic nitrogens is 4. The number of hydrogen-bond acceptors (Lipinski definition) is 5. The van der Waals surface area contributed by atoms with Gasteiger partial charge in [0.05, 0.1) is 6.61 Å². The molecule has 0 amide bonds. The van der Waals surface area contributed by atoms with Crippen LogP contribution in [0.1, 0.15) is 18.2 Å². The zero-order chi connectivity index (χ0) is 14.8. The average molecular weight is 283 g/mol. The van der Waals surface area contributed by atoms with Crippen LogP contribution in [-0.4, -0.2) is 26.2 Å². The van der Waals surface area contributed by atoms with Crippen LogP contribution in [0.2, 0.25) is 0 Å². The summed E-state index contributed by atoms with van der Waals surface area (Å²) in [4.78, 5) is 8.56. The van der Waals surface area contributed by atoms with Crippen LogP contribution < -0.4 is 10.1 Å². The third kappa shape index (κ3) is 2.52. The van der Waals surface area contributed by atoms with Crippen LogP contribution in [0, 0.1) is 13.8 Å². The fourth-order valence-electron chi connectivity index (χ4n) is 2.15. The Morgan fingerprint density at radius 2 is 2.14 bits per heavy atom. The van der Waals surface area contributed by atoms with E-state index in [2.05, 4.69) is 20.4 Å². The van der Waals surface area contributed by atoms with Crippen LogP contribution in [-0.2, 0) is 0 Å². The van der Waals surface area contributed by atoms with Gasteiger partial charge in [-0.2, -0.15) is 14.6 Å². The molecule has 0 aliphatic rings. The summed E-state index contributed by atoms with van der Waals surface area (Å²) in [7, 11) is 0. The molecule has 1 aromatic carbocycles. The predicted molar refractivity (Wildman–Crippen MR) is 81.1 cm³/mol. The molecule has 108 valence electrons. The highest BCUT2D eigenvalue weighted by atomic mass is 16.5. The average Bonchev–Trinajstić information content (AvgIpc) is 2.92. The molecule has 0 bridgehead atoms. The van der Waals surface area contributed by atoms with Crippen molar-refractivity contribution in [2.24, 2.45) is 0 Å². The Morgan fingerprint density at radius 3 is 2.95 bits per heavy atom. The Hall–Kier alpha value is -2.63. The molecule has 6 nitrogen and oxygen atoms in total.